The minimum atomic E-state index is -0.953. The van der Waals surface area contributed by atoms with E-state index in [-0.39, 0.29) is 24.1 Å². The summed E-state index contributed by atoms with van der Waals surface area (Å²) < 4.78 is 33.6. The van der Waals surface area contributed by atoms with Gasteiger partial charge in [0, 0.05) is 31.3 Å². The Morgan fingerprint density at radius 1 is 1.41 bits per heavy atom. The standard InChI is InChI=1S/C15H15F2N3O2/c1-9-7-20-13(19(9)2)6-12(18-15(20)21)22-8-10-4-3-5-11(16)14(10)17/h3-6,9H,7-8H2,1-2H3. The van der Waals surface area contributed by atoms with Crippen molar-refractivity contribution >= 4 is 5.82 Å². The molecular formula is C15H15F2N3O2. The summed E-state index contributed by atoms with van der Waals surface area (Å²) in [5.41, 5.74) is -0.340. The van der Waals surface area contributed by atoms with Gasteiger partial charge in [0.2, 0.25) is 5.88 Å². The van der Waals surface area contributed by atoms with Crippen molar-refractivity contribution in [1.82, 2.24) is 9.55 Å². The van der Waals surface area contributed by atoms with Crippen LogP contribution in [0.3, 0.4) is 0 Å². The molecule has 1 unspecified atom stereocenters. The molecule has 0 amide bonds. The highest BCUT2D eigenvalue weighted by atomic mass is 19.2. The molecule has 0 saturated carbocycles. The molecule has 0 aliphatic carbocycles. The van der Waals surface area contributed by atoms with Gasteiger partial charge >= 0.3 is 5.69 Å². The maximum absolute atomic E-state index is 13.6. The van der Waals surface area contributed by atoms with Gasteiger partial charge in [0.15, 0.2) is 11.6 Å². The number of anilines is 1. The molecule has 2 heterocycles. The number of hydrogen-bond acceptors (Lipinski definition) is 4. The highest BCUT2D eigenvalue weighted by Crippen LogP contribution is 2.25. The van der Waals surface area contributed by atoms with Crippen molar-refractivity contribution in [2.24, 2.45) is 0 Å². The fourth-order valence-corrected chi connectivity index (χ4v) is 2.44. The lowest BCUT2D eigenvalue weighted by atomic mass is 10.2. The van der Waals surface area contributed by atoms with Crippen LogP contribution in [0.25, 0.3) is 0 Å². The molecule has 0 N–H and O–H groups in total. The highest BCUT2D eigenvalue weighted by molar-refractivity contribution is 5.45. The van der Waals surface area contributed by atoms with Crippen LogP contribution in [0.4, 0.5) is 14.6 Å². The molecule has 7 heteroatoms. The van der Waals surface area contributed by atoms with E-state index >= 15 is 0 Å². The molecule has 1 aromatic carbocycles. The summed E-state index contributed by atoms with van der Waals surface area (Å²) in [4.78, 5) is 17.7. The van der Waals surface area contributed by atoms with Gasteiger partial charge in [0.05, 0.1) is 0 Å². The van der Waals surface area contributed by atoms with Crippen molar-refractivity contribution in [3.63, 3.8) is 0 Å². The summed E-state index contributed by atoms with van der Waals surface area (Å²) in [5.74, 6) is -1.09. The Kier molecular flexibility index (Phi) is 3.56. The lowest BCUT2D eigenvalue weighted by Gasteiger charge is -2.16. The van der Waals surface area contributed by atoms with Crippen LogP contribution in [0.1, 0.15) is 12.5 Å². The summed E-state index contributed by atoms with van der Waals surface area (Å²) >= 11 is 0. The molecule has 2 aromatic rings. The highest BCUT2D eigenvalue weighted by Gasteiger charge is 2.25. The number of benzene rings is 1. The van der Waals surface area contributed by atoms with E-state index in [0.29, 0.717) is 12.4 Å². The number of fused-ring (bicyclic) bond motifs is 1. The number of aromatic nitrogens is 2. The molecule has 0 saturated heterocycles. The van der Waals surface area contributed by atoms with E-state index in [9.17, 15) is 13.6 Å². The zero-order valence-electron chi connectivity index (χ0n) is 12.2. The SMILES string of the molecule is CC1Cn2c(cc(OCc3cccc(F)c3F)nc2=O)N1C. The third-order valence-electron chi connectivity index (χ3n) is 3.84. The first-order chi connectivity index (χ1) is 10.5. The molecule has 1 aromatic heterocycles. The molecule has 22 heavy (non-hydrogen) atoms. The number of ether oxygens (including phenoxy) is 1. The lowest BCUT2D eigenvalue weighted by Crippen LogP contribution is -2.23. The first-order valence-corrected chi connectivity index (χ1v) is 6.88. The maximum Gasteiger partial charge on any atom is 0.352 e. The van der Waals surface area contributed by atoms with Crippen molar-refractivity contribution in [1.29, 1.82) is 0 Å². The topological polar surface area (TPSA) is 47.4 Å². The van der Waals surface area contributed by atoms with Crippen LogP contribution >= 0.6 is 0 Å². The van der Waals surface area contributed by atoms with Crippen molar-refractivity contribution in [3.05, 3.63) is 51.9 Å². The summed E-state index contributed by atoms with van der Waals surface area (Å²) in [7, 11) is 1.87. The van der Waals surface area contributed by atoms with Gasteiger partial charge in [0.25, 0.3) is 0 Å². The minimum Gasteiger partial charge on any atom is -0.472 e. The summed E-state index contributed by atoms with van der Waals surface area (Å²) in [6, 6.07) is 5.67. The third-order valence-corrected chi connectivity index (χ3v) is 3.84. The molecular weight excluding hydrogens is 292 g/mol. The normalized spacial score (nSPS) is 16.7. The molecule has 1 atom stereocenters. The van der Waals surface area contributed by atoms with E-state index in [4.69, 9.17) is 4.74 Å². The Bertz CT molecular complexity index is 776. The Balaban J connectivity index is 1.84. The molecule has 0 radical (unpaired) electrons. The lowest BCUT2D eigenvalue weighted by molar-refractivity contribution is 0.283. The number of rotatable bonds is 3. The van der Waals surface area contributed by atoms with Crippen molar-refractivity contribution in [3.8, 4) is 5.88 Å². The van der Waals surface area contributed by atoms with Gasteiger partial charge in [-0.15, -0.1) is 0 Å². The zero-order valence-corrected chi connectivity index (χ0v) is 12.2. The molecule has 1 aliphatic rings. The molecule has 116 valence electrons. The third kappa shape index (κ3) is 2.43. The molecule has 0 spiro atoms. The second-order valence-electron chi connectivity index (χ2n) is 5.31. The van der Waals surface area contributed by atoms with Gasteiger partial charge in [0.1, 0.15) is 12.4 Å². The van der Waals surface area contributed by atoms with Gasteiger partial charge in [-0.2, -0.15) is 4.98 Å². The van der Waals surface area contributed by atoms with Crippen LogP contribution < -0.4 is 15.3 Å². The van der Waals surface area contributed by atoms with Gasteiger partial charge in [-0.25, -0.2) is 13.6 Å². The van der Waals surface area contributed by atoms with Crippen molar-refractivity contribution < 1.29 is 13.5 Å². The number of halogens is 2. The van der Waals surface area contributed by atoms with Gasteiger partial charge in [-0.3, -0.25) is 4.57 Å². The van der Waals surface area contributed by atoms with E-state index in [1.54, 1.807) is 10.6 Å². The Hall–Kier alpha value is -2.44. The van der Waals surface area contributed by atoms with Crippen LogP contribution in [0.15, 0.2) is 29.1 Å². The minimum absolute atomic E-state index is 0.0733. The van der Waals surface area contributed by atoms with Gasteiger partial charge in [-0.05, 0) is 13.0 Å². The fourth-order valence-electron chi connectivity index (χ4n) is 2.44. The summed E-state index contributed by atoms with van der Waals surface area (Å²) in [6.07, 6.45) is 0. The van der Waals surface area contributed by atoms with Crippen molar-refractivity contribution in [2.75, 3.05) is 11.9 Å². The molecule has 0 fully saturated rings. The maximum atomic E-state index is 13.6. The number of likely N-dealkylation sites (N-methyl/N-ethyl adjacent to an activating group) is 1. The average Bonchev–Trinajstić information content (AvgIpc) is 2.77. The Morgan fingerprint density at radius 3 is 2.95 bits per heavy atom. The monoisotopic (exact) mass is 307 g/mol. The Morgan fingerprint density at radius 2 is 2.18 bits per heavy atom. The predicted octanol–water partition coefficient (Wildman–Crippen LogP) is 1.94. The molecule has 1 aliphatic heterocycles. The van der Waals surface area contributed by atoms with E-state index < -0.39 is 17.3 Å². The summed E-state index contributed by atoms with van der Waals surface area (Å²) in [6.45, 7) is 2.37. The van der Waals surface area contributed by atoms with E-state index in [0.717, 1.165) is 6.07 Å². The second kappa shape index (κ2) is 5.40. The van der Waals surface area contributed by atoms with Crippen LogP contribution in [0, 0.1) is 11.6 Å². The summed E-state index contributed by atoms with van der Waals surface area (Å²) in [5, 5.41) is 0. The largest absolute Gasteiger partial charge is 0.472 e. The van der Waals surface area contributed by atoms with Crippen LogP contribution in [0.5, 0.6) is 5.88 Å². The van der Waals surface area contributed by atoms with Crippen molar-refractivity contribution in [2.45, 2.75) is 26.1 Å². The smallest absolute Gasteiger partial charge is 0.352 e. The molecule has 3 rings (SSSR count). The fraction of sp³-hybridized carbons (Fsp3) is 0.333. The van der Waals surface area contributed by atoms with Crippen LogP contribution in [-0.2, 0) is 13.2 Å². The van der Waals surface area contributed by atoms with E-state index in [2.05, 4.69) is 4.98 Å². The number of nitrogens with zero attached hydrogens (tertiary/aromatic N) is 3. The quantitative estimate of drug-likeness (QED) is 0.869. The first-order valence-electron chi connectivity index (χ1n) is 6.88. The zero-order chi connectivity index (χ0) is 15.9. The number of hydrogen-bond donors (Lipinski definition) is 0. The van der Waals surface area contributed by atoms with Crippen LogP contribution in [0.2, 0.25) is 0 Å². The van der Waals surface area contributed by atoms with Gasteiger partial charge in [-0.1, -0.05) is 12.1 Å². The van der Waals surface area contributed by atoms with E-state index in [1.807, 2.05) is 18.9 Å². The van der Waals surface area contributed by atoms with Gasteiger partial charge < -0.3 is 9.64 Å². The average molecular weight is 307 g/mol. The predicted molar refractivity (Wildman–Crippen MR) is 77.1 cm³/mol. The van der Waals surface area contributed by atoms with Crippen LogP contribution in [-0.4, -0.2) is 22.6 Å². The Labute approximate surface area is 125 Å². The van der Waals surface area contributed by atoms with E-state index in [1.165, 1.54) is 12.1 Å². The second-order valence-corrected chi connectivity index (χ2v) is 5.31. The molecule has 0 bridgehead atoms. The molecule has 5 nitrogen and oxygen atoms in total. The first kappa shape index (κ1) is 14.5.